The average Bonchev–Trinajstić information content (AvgIpc) is 2.60. The Labute approximate surface area is 93.5 Å². The van der Waals surface area contributed by atoms with Crippen LogP contribution in [-0.4, -0.2) is 20.6 Å². The molecule has 84 valence electrons. The van der Waals surface area contributed by atoms with E-state index in [1.807, 2.05) is 16.8 Å². The molecular weight excluding hydrogens is 204 g/mol. The highest BCUT2D eigenvalue weighted by molar-refractivity contribution is 6.01. The van der Waals surface area contributed by atoms with Crippen LogP contribution in [0.3, 0.4) is 0 Å². The molecule has 2 rings (SSSR count). The van der Waals surface area contributed by atoms with Gasteiger partial charge in [-0.25, -0.2) is 9.78 Å². The van der Waals surface area contributed by atoms with E-state index in [9.17, 15) is 4.79 Å². The van der Waals surface area contributed by atoms with Crippen molar-refractivity contribution in [2.75, 3.05) is 0 Å². The van der Waals surface area contributed by atoms with E-state index in [1.165, 1.54) is 6.07 Å². The van der Waals surface area contributed by atoms with Crippen LogP contribution in [-0.2, 0) is 6.54 Å². The number of carboxylic acids is 1. The number of carboxylic acid groups (broad SMARTS) is 1. The fourth-order valence-corrected chi connectivity index (χ4v) is 1.82. The maximum Gasteiger partial charge on any atom is 0.336 e. The minimum atomic E-state index is -0.908. The number of hydrogen-bond acceptors (Lipinski definition) is 2. The summed E-state index contributed by atoms with van der Waals surface area (Å²) in [5.74, 6) is -0.402. The third-order valence-corrected chi connectivity index (χ3v) is 2.45. The van der Waals surface area contributed by atoms with Crippen LogP contribution in [0.4, 0.5) is 0 Å². The maximum atomic E-state index is 11.0. The number of hydrogen-bond donors (Lipinski definition) is 1. The van der Waals surface area contributed by atoms with Crippen molar-refractivity contribution in [3.63, 3.8) is 0 Å². The third kappa shape index (κ3) is 1.78. The van der Waals surface area contributed by atoms with Crippen LogP contribution >= 0.6 is 0 Å². The Morgan fingerprint density at radius 1 is 1.50 bits per heavy atom. The van der Waals surface area contributed by atoms with Crippen molar-refractivity contribution in [2.45, 2.75) is 20.4 Å². The smallest absolute Gasteiger partial charge is 0.336 e. The van der Waals surface area contributed by atoms with Crippen LogP contribution in [0.25, 0.3) is 11.0 Å². The van der Waals surface area contributed by atoms with E-state index in [0.29, 0.717) is 16.9 Å². The summed E-state index contributed by atoms with van der Waals surface area (Å²) in [6.07, 6.45) is 3.44. The number of aromatic carboxylic acids is 1. The summed E-state index contributed by atoms with van der Waals surface area (Å²) in [4.78, 5) is 15.2. The zero-order valence-electron chi connectivity index (χ0n) is 9.34. The Kier molecular flexibility index (Phi) is 2.64. The summed E-state index contributed by atoms with van der Waals surface area (Å²) >= 11 is 0. The number of rotatable bonds is 3. The van der Waals surface area contributed by atoms with Crippen molar-refractivity contribution in [2.24, 2.45) is 5.92 Å². The van der Waals surface area contributed by atoms with E-state index in [0.717, 1.165) is 12.2 Å². The van der Waals surface area contributed by atoms with Crippen molar-refractivity contribution in [1.29, 1.82) is 0 Å². The molecule has 0 bridgehead atoms. The zero-order chi connectivity index (χ0) is 11.7. The van der Waals surface area contributed by atoms with Gasteiger partial charge in [0.15, 0.2) is 0 Å². The van der Waals surface area contributed by atoms with Crippen molar-refractivity contribution in [1.82, 2.24) is 9.55 Å². The van der Waals surface area contributed by atoms with E-state index in [4.69, 9.17) is 5.11 Å². The quantitative estimate of drug-likeness (QED) is 0.860. The minimum absolute atomic E-state index is 0.313. The average molecular weight is 218 g/mol. The number of pyridine rings is 1. The summed E-state index contributed by atoms with van der Waals surface area (Å²) in [5.41, 5.74) is 1.06. The van der Waals surface area contributed by atoms with Crippen molar-refractivity contribution in [3.05, 3.63) is 30.1 Å². The lowest BCUT2D eigenvalue weighted by atomic mass is 10.2. The van der Waals surface area contributed by atoms with Gasteiger partial charge in [-0.2, -0.15) is 0 Å². The molecular formula is C12H14N2O2. The van der Waals surface area contributed by atoms with E-state index in [1.54, 1.807) is 6.20 Å². The third-order valence-electron chi connectivity index (χ3n) is 2.45. The minimum Gasteiger partial charge on any atom is -0.478 e. The first-order chi connectivity index (χ1) is 7.59. The summed E-state index contributed by atoms with van der Waals surface area (Å²) in [6.45, 7) is 5.08. The zero-order valence-corrected chi connectivity index (χ0v) is 9.34. The lowest BCUT2D eigenvalue weighted by Crippen LogP contribution is -2.04. The number of aromatic nitrogens is 2. The van der Waals surface area contributed by atoms with Crippen molar-refractivity contribution < 1.29 is 9.90 Å². The molecule has 0 radical (unpaired) electrons. The van der Waals surface area contributed by atoms with Crippen LogP contribution in [0.1, 0.15) is 24.2 Å². The second kappa shape index (κ2) is 3.96. The first-order valence-corrected chi connectivity index (χ1v) is 5.26. The Hall–Kier alpha value is -1.84. The summed E-state index contributed by atoms with van der Waals surface area (Å²) < 4.78 is 1.99. The largest absolute Gasteiger partial charge is 0.478 e. The predicted molar refractivity (Wildman–Crippen MR) is 61.5 cm³/mol. The second-order valence-corrected chi connectivity index (χ2v) is 4.26. The molecule has 0 aliphatic heterocycles. The summed E-state index contributed by atoms with van der Waals surface area (Å²) in [5, 5.41) is 9.74. The van der Waals surface area contributed by atoms with E-state index >= 15 is 0 Å². The molecule has 4 heteroatoms. The SMILES string of the molecule is CC(C)Cn1ccc2c(C(=O)O)ccnc21. The van der Waals surface area contributed by atoms with E-state index in [-0.39, 0.29) is 0 Å². The van der Waals surface area contributed by atoms with Crippen LogP contribution in [0.2, 0.25) is 0 Å². The van der Waals surface area contributed by atoms with Gasteiger partial charge in [-0.1, -0.05) is 13.8 Å². The molecule has 0 saturated heterocycles. The Balaban J connectivity index is 2.57. The number of carbonyl (C=O) groups is 1. The monoisotopic (exact) mass is 218 g/mol. The molecule has 0 saturated carbocycles. The lowest BCUT2D eigenvalue weighted by molar-refractivity contribution is 0.0699. The van der Waals surface area contributed by atoms with Gasteiger partial charge in [-0.3, -0.25) is 0 Å². The van der Waals surface area contributed by atoms with Gasteiger partial charge >= 0.3 is 5.97 Å². The highest BCUT2D eigenvalue weighted by atomic mass is 16.4. The van der Waals surface area contributed by atoms with Gasteiger partial charge in [-0.15, -0.1) is 0 Å². The van der Waals surface area contributed by atoms with Gasteiger partial charge in [0, 0.05) is 24.3 Å². The molecule has 2 aromatic heterocycles. The van der Waals surface area contributed by atoms with Gasteiger partial charge in [0.25, 0.3) is 0 Å². The van der Waals surface area contributed by atoms with Crippen LogP contribution < -0.4 is 0 Å². The molecule has 0 unspecified atom stereocenters. The van der Waals surface area contributed by atoms with Gasteiger partial charge in [0.05, 0.1) is 5.56 Å². The normalized spacial score (nSPS) is 11.2. The molecule has 0 aliphatic carbocycles. The first-order valence-electron chi connectivity index (χ1n) is 5.26. The lowest BCUT2D eigenvalue weighted by Gasteiger charge is -2.07. The Bertz CT molecular complexity index is 529. The molecule has 0 aromatic carbocycles. The van der Waals surface area contributed by atoms with E-state index < -0.39 is 5.97 Å². The van der Waals surface area contributed by atoms with Crippen LogP contribution in [0.5, 0.6) is 0 Å². The highest BCUT2D eigenvalue weighted by Gasteiger charge is 2.12. The summed E-state index contributed by atoms with van der Waals surface area (Å²) in [7, 11) is 0. The Morgan fingerprint density at radius 3 is 2.88 bits per heavy atom. The molecule has 0 atom stereocenters. The molecule has 0 amide bonds. The van der Waals surface area contributed by atoms with Crippen LogP contribution in [0.15, 0.2) is 24.5 Å². The predicted octanol–water partition coefficient (Wildman–Crippen LogP) is 2.39. The molecule has 16 heavy (non-hydrogen) atoms. The van der Waals surface area contributed by atoms with Crippen LogP contribution in [0, 0.1) is 5.92 Å². The molecule has 1 N–H and O–H groups in total. The van der Waals surface area contributed by atoms with Crippen molar-refractivity contribution >= 4 is 17.0 Å². The van der Waals surface area contributed by atoms with Crippen molar-refractivity contribution in [3.8, 4) is 0 Å². The fraction of sp³-hybridized carbons (Fsp3) is 0.333. The second-order valence-electron chi connectivity index (χ2n) is 4.26. The molecule has 0 fully saturated rings. The fourth-order valence-electron chi connectivity index (χ4n) is 1.82. The number of nitrogens with zero attached hydrogens (tertiary/aromatic N) is 2. The topological polar surface area (TPSA) is 55.1 Å². The molecule has 2 heterocycles. The van der Waals surface area contributed by atoms with Gasteiger partial charge in [0.1, 0.15) is 5.65 Å². The van der Waals surface area contributed by atoms with Gasteiger partial charge < -0.3 is 9.67 Å². The summed E-state index contributed by atoms with van der Waals surface area (Å²) in [6, 6.07) is 3.35. The maximum absolute atomic E-state index is 11.0. The molecule has 0 aliphatic rings. The molecule has 4 nitrogen and oxygen atoms in total. The first kappa shape index (κ1) is 10.7. The van der Waals surface area contributed by atoms with Gasteiger partial charge in [0.2, 0.25) is 0 Å². The Morgan fingerprint density at radius 2 is 2.25 bits per heavy atom. The molecule has 2 aromatic rings. The van der Waals surface area contributed by atoms with Gasteiger partial charge in [-0.05, 0) is 18.1 Å². The van der Waals surface area contributed by atoms with E-state index in [2.05, 4.69) is 18.8 Å². The standard InChI is InChI=1S/C12H14N2O2/c1-8(2)7-14-6-4-9-10(12(15)16)3-5-13-11(9)14/h3-6,8H,7H2,1-2H3,(H,15,16). The number of fused-ring (bicyclic) bond motifs is 1. The molecule has 0 spiro atoms. The highest BCUT2D eigenvalue weighted by Crippen LogP contribution is 2.19.